The Bertz CT molecular complexity index is 1340. The minimum Gasteiger partial charge on any atom is -0.393 e. The van der Waals surface area contributed by atoms with Crippen molar-refractivity contribution in [2.24, 2.45) is 117 Å². The molecule has 0 amide bonds. The fourth-order valence-corrected chi connectivity index (χ4v) is 18.2. The van der Waals surface area contributed by atoms with Crippen LogP contribution < -0.4 is 0 Å². The third-order valence-corrected chi connectivity index (χ3v) is 23.4. The average molecular weight is 886 g/mol. The lowest BCUT2D eigenvalue weighted by Gasteiger charge is -2.42. The van der Waals surface area contributed by atoms with Crippen LogP contribution in [0.4, 0.5) is 0 Å². The van der Waals surface area contributed by atoms with Crippen molar-refractivity contribution in [2.45, 2.75) is 280 Å². The van der Waals surface area contributed by atoms with Gasteiger partial charge < -0.3 is 5.11 Å². The minimum absolute atomic E-state index is 0.0893. The van der Waals surface area contributed by atoms with Crippen LogP contribution in [0.15, 0.2) is 0 Å². The van der Waals surface area contributed by atoms with Crippen LogP contribution in [0, 0.1) is 117 Å². The molecule has 370 valence electrons. The third kappa shape index (κ3) is 13.6. The smallest absolute Gasteiger partial charge is 0.0565 e. The second-order valence-electron chi connectivity index (χ2n) is 28.4. The average Bonchev–Trinajstić information content (AvgIpc) is 4.25. The van der Waals surface area contributed by atoms with Crippen molar-refractivity contribution >= 4 is 0 Å². The molecule has 0 saturated heterocycles. The van der Waals surface area contributed by atoms with Crippen molar-refractivity contribution in [1.82, 2.24) is 0 Å². The Kier molecular flexibility index (Phi) is 17.9. The maximum Gasteiger partial charge on any atom is 0.0565 e. The highest BCUT2D eigenvalue weighted by Gasteiger charge is 2.53. The van der Waals surface area contributed by atoms with E-state index < -0.39 is 0 Å². The molecular formula is C63H112O. The van der Waals surface area contributed by atoms with Crippen molar-refractivity contribution in [3.8, 4) is 0 Å². The van der Waals surface area contributed by atoms with E-state index in [1.165, 1.54) is 135 Å². The van der Waals surface area contributed by atoms with Gasteiger partial charge >= 0.3 is 0 Å². The first-order valence-electron chi connectivity index (χ1n) is 30.5. The van der Waals surface area contributed by atoms with E-state index in [1.807, 2.05) is 0 Å². The predicted octanol–water partition coefficient (Wildman–Crippen LogP) is 18.9. The van der Waals surface area contributed by atoms with E-state index in [-0.39, 0.29) is 6.10 Å². The maximum atomic E-state index is 11.5. The van der Waals surface area contributed by atoms with Gasteiger partial charge in [-0.1, -0.05) is 152 Å². The van der Waals surface area contributed by atoms with E-state index >= 15 is 0 Å². The molecule has 8 aliphatic rings. The summed E-state index contributed by atoms with van der Waals surface area (Å²) < 4.78 is 0. The molecular weight excluding hydrogens is 773 g/mol. The molecule has 0 radical (unpaired) electrons. The molecule has 0 heterocycles. The van der Waals surface area contributed by atoms with Crippen LogP contribution >= 0.6 is 0 Å². The topological polar surface area (TPSA) is 20.2 Å². The zero-order valence-electron chi connectivity index (χ0n) is 44.5. The molecule has 0 bridgehead atoms. The normalized spacial score (nSPS) is 40.5. The Morgan fingerprint density at radius 3 is 1.92 bits per heavy atom. The van der Waals surface area contributed by atoms with Crippen LogP contribution in [0.25, 0.3) is 0 Å². The van der Waals surface area contributed by atoms with Gasteiger partial charge in [-0.05, 0) is 239 Å². The van der Waals surface area contributed by atoms with Gasteiger partial charge in [0.1, 0.15) is 0 Å². The molecule has 8 rings (SSSR count). The van der Waals surface area contributed by atoms with Gasteiger partial charge in [-0.3, -0.25) is 0 Å². The Labute approximate surface area is 400 Å². The largest absolute Gasteiger partial charge is 0.393 e. The fraction of sp³-hybridized carbons (Fsp3) is 1.00. The van der Waals surface area contributed by atoms with Crippen molar-refractivity contribution < 1.29 is 5.11 Å². The number of hydrogen-bond acceptors (Lipinski definition) is 1. The quantitative estimate of drug-likeness (QED) is 0.108. The lowest BCUT2D eigenvalue weighted by atomic mass is 9.63. The van der Waals surface area contributed by atoms with Crippen LogP contribution in [0.5, 0.6) is 0 Å². The molecule has 8 saturated carbocycles. The van der Waals surface area contributed by atoms with Crippen LogP contribution in [0.3, 0.4) is 0 Å². The summed E-state index contributed by atoms with van der Waals surface area (Å²) in [5.41, 5.74) is 1.31. The monoisotopic (exact) mass is 885 g/mol. The molecule has 0 aromatic heterocycles. The lowest BCUT2D eigenvalue weighted by molar-refractivity contribution is 0.0745. The van der Waals surface area contributed by atoms with E-state index in [0.717, 1.165) is 112 Å². The Hall–Kier alpha value is -0.0400. The minimum atomic E-state index is -0.0893. The summed E-state index contributed by atoms with van der Waals surface area (Å²) in [6, 6.07) is 0. The van der Waals surface area contributed by atoms with Crippen LogP contribution in [0.1, 0.15) is 274 Å². The highest BCUT2D eigenvalue weighted by Crippen LogP contribution is 2.64. The van der Waals surface area contributed by atoms with Crippen molar-refractivity contribution in [1.29, 1.82) is 0 Å². The lowest BCUT2D eigenvalue weighted by Crippen LogP contribution is -2.31. The summed E-state index contributed by atoms with van der Waals surface area (Å²) >= 11 is 0. The zero-order chi connectivity index (χ0) is 45.0. The fourth-order valence-electron chi connectivity index (χ4n) is 18.2. The molecule has 0 aromatic rings. The second-order valence-corrected chi connectivity index (χ2v) is 28.4. The highest BCUT2D eigenvalue weighted by molar-refractivity contribution is 5.04. The first-order valence-corrected chi connectivity index (χ1v) is 30.5. The zero-order valence-corrected chi connectivity index (χ0v) is 44.5. The molecule has 0 aromatic carbocycles. The molecule has 1 N–H and O–H groups in total. The molecule has 12 unspecified atom stereocenters. The molecule has 0 spiro atoms. The van der Waals surface area contributed by atoms with Gasteiger partial charge in [-0.25, -0.2) is 0 Å². The molecule has 8 fully saturated rings. The third-order valence-electron chi connectivity index (χ3n) is 23.4. The molecule has 8 aliphatic carbocycles. The summed E-state index contributed by atoms with van der Waals surface area (Å²) in [6.07, 6.45) is 50.5. The van der Waals surface area contributed by atoms with E-state index in [9.17, 15) is 5.11 Å². The number of aliphatic hydroxyl groups excluding tert-OH is 1. The van der Waals surface area contributed by atoms with E-state index in [0.29, 0.717) is 11.3 Å². The van der Waals surface area contributed by atoms with E-state index in [1.54, 1.807) is 77.0 Å². The van der Waals surface area contributed by atoms with Gasteiger partial charge in [0, 0.05) is 0 Å². The Morgan fingerprint density at radius 1 is 0.641 bits per heavy atom. The second kappa shape index (κ2) is 22.8. The summed E-state index contributed by atoms with van der Waals surface area (Å²) in [4.78, 5) is 0. The van der Waals surface area contributed by atoms with Crippen molar-refractivity contribution in [2.75, 3.05) is 0 Å². The standard InChI is InChI=1S/C63H112O/c1-9-47-23-29-58(30-24-47)63(31-32-63)41-51-37-50(38-56(39-51)60-40-57(60)42-62(7,8)10-2)36-49-19-25-52(26-20-49)43(3)34-55(46(6)59-35-44(59)4)17-14-18-61(64)45(5)33-48-21-27-54(28-22-48)53-15-12-11-13-16-53/h43-61,64H,9-42H2,1-8H3. The van der Waals surface area contributed by atoms with Crippen LogP contribution in [0.2, 0.25) is 0 Å². The van der Waals surface area contributed by atoms with Gasteiger partial charge in [0.25, 0.3) is 0 Å². The predicted molar refractivity (Wildman–Crippen MR) is 276 cm³/mol. The van der Waals surface area contributed by atoms with Gasteiger partial charge in [0.05, 0.1) is 6.10 Å². The summed E-state index contributed by atoms with van der Waals surface area (Å²) in [6.45, 7) is 20.2. The van der Waals surface area contributed by atoms with E-state index in [2.05, 4.69) is 55.4 Å². The summed E-state index contributed by atoms with van der Waals surface area (Å²) in [7, 11) is 0. The Morgan fingerprint density at radius 2 is 1.28 bits per heavy atom. The van der Waals surface area contributed by atoms with Crippen LogP contribution in [-0.4, -0.2) is 11.2 Å². The van der Waals surface area contributed by atoms with Gasteiger partial charge in [-0.2, -0.15) is 0 Å². The first-order chi connectivity index (χ1) is 30.8. The first kappa shape index (κ1) is 50.4. The number of rotatable bonds is 23. The molecule has 64 heavy (non-hydrogen) atoms. The number of aliphatic hydroxyl groups is 1. The van der Waals surface area contributed by atoms with Crippen molar-refractivity contribution in [3.63, 3.8) is 0 Å². The highest BCUT2D eigenvalue weighted by atomic mass is 16.3. The van der Waals surface area contributed by atoms with Gasteiger partial charge in [-0.15, -0.1) is 0 Å². The van der Waals surface area contributed by atoms with Gasteiger partial charge in [0.2, 0.25) is 0 Å². The molecule has 1 nitrogen and oxygen atoms in total. The molecule has 0 aliphatic heterocycles. The van der Waals surface area contributed by atoms with E-state index in [4.69, 9.17) is 0 Å². The maximum absolute atomic E-state index is 11.5. The molecule has 12 atom stereocenters. The molecule has 1 heteroatoms. The summed E-state index contributed by atoms with van der Waals surface area (Å²) in [5.74, 6) is 17.3. The Balaban J connectivity index is 0.789. The van der Waals surface area contributed by atoms with Crippen molar-refractivity contribution in [3.05, 3.63) is 0 Å². The van der Waals surface area contributed by atoms with Crippen LogP contribution in [-0.2, 0) is 0 Å². The SMILES string of the molecule is CCC1CCC(C2(CC3CC(CC4CCC(C(C)CC(CCCC(O)C(C)CC5CCC(C6CCCCC6)CC5)C(C)C5CC5C)CC4)CC(C4CC4CC(C)(C)CC)C3)CC2)CC1. The number of hydrogen-bond donors (Lipinski definition) is 1. The van der Waals surface area contributed by atoms with Gasteiger partial charge in [0.15, 0.2) is 0 Å². The summed E-state index contributed by atoms with van der Waals surface area (Å²) in [5, 5.41) is 11.5.